The Morgan fingerprint density at radius 3 is 2.64 bits per heavy atom. The molecule has 0 bridgehead atoms. The Balaban J connectivity index is 3.78. The zero-order chi connectivity index (χ0) is 11.0. The van der Waals surface area contributed by atoms with Crippen LogP contribution in [-0.2, 0) is 9.59 Å². The number of carbonyl (C=O) groups is 2. The molecule has 0 aromatic rings. The summed E-state index contributed by atoms with van der Waals surface area (Å²) in [6, 6.07) is -0.672. The fraction of sp³-hybridized carbons (Fsp3) is 0.750. The van der Waals surface area contributed by atoms with Crippen LogP contribution in [0.15, 0.2) is 0 Å². The number of primary amides is 1. The van der Waals surface area contributed by atoms with E-state index in [0.29, 0.717) is 6.54 Å². The maximum Gasteiger partial charge on any atom is 0.320 e. The molecule has 0 aliphatic rings. The summed E-state index contributed by atoms with van der Waals surface area (Å²) < 4.78 is 0. The van der Waals surface area contributed by atoms with Crippen LogP contribution in [0.4, 0.5) is 0 Å². The molecule has 6 heteroatoms. The third-order valence-electron chi connectivity index (χ3n) is 1.67. The van der Waals surface area contributed by atoms with Crippen LogP contribution < -0.4 is 11.1 Å². The molecule has 0 rings (SSSR count). The van der Waals surface area contributed by atoms with Gasteiger partial charge in [-0.05, 0) is 12.7 Å². The SMILES string of the molecule is CSCCN[C@@H](CCC(N)=O)C(=O)O. The van der Waals surface area contributed by atoms with E-state index in [9.17, 15) is 9.59 Å². The molecule has 0 aliphatic carbocycles. The Kier molecular flexibility index (Phi) is 7.23. The molecule has 0 aromatic heterocycles. The van der Waals surface area contributed by atoms with E-state index in [2.05, 4.69) is 5.32 Å². The second kappa shape index (κ2) is 7.64. The Hall–Kier alpha value is -0.750. The van der Waals surface area contributed by atoms with Crippen molar-refractivity contribution >= 4 is 23.6 Å². The monoisotopic (exact) mass is 220 g/mol. The van der Waals surface area contributed by atoms with E-state index in [4.69, 9.17) is 10.8 Å². The molecule has 14 heavy (non-hydrogen) atoms. The van der Waals surface area contributed by atoms with Crippen LogP contribution in [0.2, 0.25) is 0 Å². The van der Waals surface area contributed by atoms with Gasteiger partial charge in [0.05, 0.1) is 0 Å². The predicted octanol–water partition coefficient (Wildman–Crippen LogP) is -0.342. The lowest BCUT2D eigenvalue weighted by Crippen LogP contribution is -2.38. The first kappa shape index (κ1) is 13.2. The summed E-state index contributed by atoms with van der Waals surface area (Å²) in [6.45, 7) is 0.622. The van der Waals surface area contributed by atoms with Crippen LogP contribution >= 0.6 is 11.8 Å². The minimum atomic E-state index is -0.938. The third-order valence-corrected chi connectivity index (χ3v) is 2.29. The van der Waals surface area contributed by atoms with Gasteiger partial charge in [0, 0.05) is 18.7 Å². The van der Waals surface area contributed by atoms with Gasteiger partial charge in [-0.15, -0.1) is 0 Å². The Morgan fingerprint density at radius 1 is 1.57 bits per heavy atom. The van der Waals surface area contributed by atoms with Crippen LogP contribution in [0.3, 0.4) is 0 Å². The van der Waals surface area contributed by atoms with Gasteiger partial charge in [-0.3, -0.25) is 9.59 Å². The van der Waals surface area contributed by atoms with Gasteiger partial charge in [0.15, 0.2) is 0 Å². The molecule has 0 aromatic carbocycles. The number of thioether (sulfide) groups is 1. The Bertz CT molecular complexity index is 199. The fourth-order valence-electron chi connectivity index (χ4n) is 0.935. The molecule has 0 saturated heterocycles. The lowest BCUT2D eigenvalue weighted by Gasteiger charge is -2.12. The second-order valence-corrected chi connectivity index (χ2v) is 3.83. The van der Waals surface area contributed by atoms with Crippen molar-refractivity contribution in [3.8, 4) is 0 Å². The summed E-state index contributed by atoms with van der Waals surface area (Å²) in [5.41, 5.74) is 4.93. The first-order chi connectivity index (χ1) is 6.57. The van der Waals surface area contributed by atoms with Crippen molar-refractivity contribution in [1.29, 1.82) is 0 Å². The number of hydrogen-bond acceptors (Lipinski definition) is 4. The summed E-state index contributed by atoms with van der Waals surface area (Å²) in [5.74, 6) is -0.560. The molecule has 0 unspecified atom stereocenters. The largest absolute Gasteiger partial charge is 0.480 e. The number of hydrogen-bond donors (Lipinski definition) is 3. The number of nitrogens with one attached hydrogen (secondary N) is 1. The van der Waals surface area contributed by atoms with Gasteiger partial charge >= 0.3 is 5.97 Å². The Morgan fingerprint density at radius 2 is 2.21 bits per heavy atom. The molecule has 1 amide bonds. The summed E-state index contributed by atoms with van der Waals surface area (Å²) in [4.78, 5) is 21.1. The topological polar surface area (TPSA) is 92.4 Å². The molecule has 5 nitrogen and oxygen atoms in total. The van der Waals surface area contributed by atoms with Crippen molar-refractivity contribution in [2.75, 3.05) is 18.6 Å². The van der Waals surface area contributed by atoms with Crippen LogP contribution in [0.5, 0.6) is 0 Å². The predicted molar refractivity (Wildman–Crippen MR) is 56.2 cm³/mol. The minimum absolute atomic E-state index is 0.100. The first-order valence-electron chi connectivity index (χ1n) is 4.31. The van der Waals surface area contributed by atoms with Gasteiger partial charge < -0.3 is 16.2 Å². The molecular formula is C8H16N2O3S. The van der Waals surface area contributed by atoms with Gasteiger partial charge in [-0.1, -0.05) is 0 Å². The average Bonchev–Trinajstić information content (AvgIpc) is 2.10. The molecule has 0 fully saturated rings. The van der Waals surface area contributed by atoms with Crippen LogP contribution in [-0.4, -0.2) is 41.6 Å². The van der Waals surface area contributed by atoms with Gasteiger partial charge in [0.25, 0.3) is 0 Å². The number of carboxylic acid groups (broad SMARTS) is 1. The zero-order valence-electron chi connectivity index (χ0n) is 8.16. The highest BCUT2D eigenvalue weighted by atomic mass is 32.2. The molecule has 0 saturated carbocycles. The van der Waals surface area contributed by atoms with Gasteiger partial charge in [0.1, 0.15) is 6.04 Å². The van der Waals surface area contributed by atoms with Gasteiger partial charge in [-0.2, -0.15) is 11.8 Å². The molecule has 82 valence electrons. The summed E-state index contributed by atoms with van der Waals surface area (Å²) in [5, 5.41) is 11.6. The molecule has 1 atom stereocenters. The van der Waals surface area contributed by atoms with Crippen molar-refractivity contribution in [2.45, 2.75) is 18.9 Å². The maximum absolute atomic E-state index is 10.7. The van der Waals surface area contributed by atoms with E-state index >= 15 is 0 Å². The smallest absolute Gasteiger partial charge is 0.320 e. The first-order valence-corrected chi connectivity index (χ1v) is 5.70. The number of aliphatic carboxylic acids is 1. The van der Waals surface area contributed by atoms with Crippen molar-refractivity contribution in [2.24, 2.45) is 5.73 Å². The van der Waals surface area contributed by atoms with E-state index in [-0.39, 0.29) is 12.8 Å². The summed E-state index contributed by atoms with van der Waals surface area (Å²) >= 11 is 1.63. The number of amides is 1. The lowest BCUT2D eigenvalue weighted by atomic mass is 10.1. The van der Waals surface area contributed by atoms with Gasteiger partial charge in [-0.25, -0.2) is 0 Å². The lowest BCUT2D eigenvalue weighted by molar-refractivity contribution is -0.139. The third kappa shape index (κ3) is 6.73. The zero-order valence-corrected chi connectivity index (χ0v) is 8.97. The van der Waals surface area contributed by atoms with Crippen LogP contribution in [0.25, 0.3) is 0 Å². The number of carboxylic acids is 1. The highest BCUT2D eigenvalue weighted by Gasteiger charge is 2.16. The van der Waals surface area contributed by atoms with E-state index in [1.807, 2.05) is 6.26 Å². The van der Waals surface area contributed by atoms with Crippen molar-refractivity contribution in [3.05, 3.63) is 0 Å². The number of rotatable bonds is 8. The quantitative estimate of drug-likeness (QED) is 0.487. The normalized spacial score (nSPS) is 12.4. The molecule has 0 spiro atoms. The van der Waals surface area contributed by atoms with Gasteiger partial charge in [0.2, 0.25) is 5.91 Å². The van der Waals surface area contributed by atoms with Crippen LogP contribution in [0, 0.1) is 0 Å². The summed E-state index contributed by atoms with van der Waals surface area (Å²) in [6.07, 6.45) is 2.29. The highest BCUT2D eigenvalue weighted by molar-refractivity contribution is 7.98. The fourth-order valence-corrected chi connectivity index (χ4v) is 1.26. The second-order valence-electron chi connectivity index (χ2n) is 2.84. The molecule has 0 aliphatic heterocycles. The van der Waals surface area contributed by atoms with Crippen LogP contribution in [0.1, 0.15) is 12.8 Å². The van der Waals surface area contributed by atoms with E-state index in [1.165, 1.54) is 0 Å². The van der Waals surface area contributed by atoms with Crippen molar-refractivity contribution < 1.29 is 14.7 Å². The van der Waals surface area contributed by atoms with E-state index < -0.39 is 17.9 Å². The number of nitrogens with two attached hydrogens (primary N) is 1. The standard InChI is InChI=1S/C8H16N2O3S/c1-14-5-4-10-6(8(12)13)2-3-7(9)11/h6,10H,2-5H2,1H3,(H2,9,11)(H,12,13)/t6-/m0/s1. The van der Waals surface area contributed by atoms with E-state index in [1.54, 1.807) is 11.8 Å². The van der Waals surface area contributed by atoms with E-state index in [0.717, 1.165) is 5.75 Å². The minimum Gasteiger partial charge on any atom is -0.480 e. The molecule has 4 N–H and O–H groups in total. The molecular weight excluding hydrogens is 204 g/mol. The molecule has 0 heterocycles. The summed E-state index contributed by atoms with van der Waals surface area (Å²) in [7, 11) is 0. The molecule has 0 radical (unpaired) electrons. The number of carbonyl (C=O) groups excluding carboxylic acids is 1. The highest BCUT2D eigenvalue weighted by Crippen LogP contribution is 1.98. The van der Waals surface area contributed by atoms with Crippen molar-refractivity contribution in [3.63, 3.8) is 0 Å². The maximum atomic E-state index is 10.7. The average molecular weight is 220 g/mol. The van der Waals surface area contributed by atoms with Crippen molar-refractivity contribution in [1.82, 2.24) is 5.32 Å². The Labute approximate surface area is 87.4 Å².